The van der Waals surface area contributed by atoms with Gasteiger partial charge in [0.15, 0.2) is 0 Å². The Bertz CT molecular complexity index is 292. The second-order valence-electron chi connectivity index (χ2n) is 2.77. The van der Waals surface area contributed by atoms with Crippen molar-refractivity contribution in [3.63, 3.8) is 0 Å². The van der Waals surface area contributed by atoms with Crippen molar-refractivity contribution in [2.45, 2.75) is 6.42 Å². The highest BCUT2D eigenvalue weighted by Gasteiger charge is 1.97. The molecule has 1 aromatic rings. The van der Waals surface area contributed by atoms with Crippen LogP contribution >= 0.6 is 11.6 Å². The predicted octanol–water partition coefficient (Wildman–Crippen LogP) is 2.69. The zero-order valence-corrected chi connectivity index (χ0v) is 7.89. The lowest BCUT2D eigenvalue weighted by molar-refractivity contribution is 0.699. The minimum absolute atomic E-state index is 0.249. The van der Waals surface area contributed by atoms with E-state index in [0.717, 1.165) is 5.56 Å². The van der Waals surface area contributed by atoms with E-state index in [-0.39, 0.29) is 6.54 Å². The largest absolute Gasteiger partial charge is 0.327 e. The van der Waals surface area contributed by atoms with E-state index in [1.807, 2.05) is 12.1 Å². The monoisotopic (exact) mass is 199 g/mol. The van der Waals surface area contributed by atoms with Crippen molar-refractivity contribution >= 4 is 11.6 Å². The van der Waals surface area contributed by atoms with Gasteiger partial charge in [-0.3, -0.25) is 0 Å². The molecule has 0 unspecified atom stereocenters. The molecule has 1 aromatic carbocycles. The molecular formula is C10H11ClFN. The average Bonchev–Trinajstić information content (AvgIpc) is 2.17. The first-order valence-electron chi connectivity index (χ1n) is 3.99. The zero-order valence-electron chi connectivity index (χ0n) is 7.13. The lowest BCUT2D eigenvalue weighted by Gasteiger charge is -2.02. The molecule has 0 spiro atoms. The molecule has 0 fully saturated rings. The first kappa shape index (κ1) is 10.2. The molecule has 3 heteroatoms. The molecule has 0 aliphatic heterocycles. The van der Waals surface area contributed by atoms with Crippen molar-refractivity contribution in [3.05, 3.63) is 46.8 Å². The summed E-state index contributed by atoms with van der Waals surface area (Å²) in [6, 6.07) is 7.29. The molecule has 0 aromatic heterocycles. The van der Waals surface area contributed by atoms with Gasteiger partial charge in [-0.1, -0.05) is 23.7 Å². The van der Waals surface area contributed by atoms with Crippen molar-refractivity contribution < 1.29 is 4.39 Å². The van der Waals surface area contributed by atoms with E-state index >= 15 is 0 Å². The molecule has 0 amide bonds. The van der Waals surface area contributed by atoms with Gasteiger partial charge < -0.3 is 5.73 Å². The second-order valence-corrected chi connectivity index (χ2v) is 3.21. The van der Waals surface area contributed by atoms with E-state index in [0.29, 0.717) is 23.3 Å². The summed E-state index contributed by atoms with van der Waals surface area (Å²) in [7, 11) is 0. The normalized spacial score (nSPS) is 11.8. The van der Waals surface area contributed by atoms with Gasteiger partial charge in [0.1, 0.15) is 0 Å². The predicted molar refractivity (Wildman–Crippen MR) is 53.4 cm³/mol. The number of nitrogens with two attached hydrogens (primary N) is 1. The molecule has 0 aliphatic carbocycles. The van der Waals surface area contributed by atoms with Crippen LogP contribution in [0.4, 0.5) is 4.39 Å². The SMILES string of the molecule is NC/C(=C/F)Cc1ccc(Cl)cc1. The highest BCUT2D eigenvalue weighted by Crippen LogP contribution is 2.12. The minimum Gasteiger partial charge on any atom is -0.327 e. The van der Waals surface area contributed by atoms with Gasteiger partial charge in [0.2, 0.25) is 0 Å². The lowest BCUT2D eigenvalue weighted by atomic mass is 10.1. The fraction of sp³-hybridized carbons (Fsp3) is 0.200. The Morgan fingerprint density at radius 1 is 1.38 bits per heavy atom. The average molecular weight is 200 g/mol. The quantitative estimate of drug-likeness (QED) is 0.796. The highest BCUT2D eigenvalue weighted by atomic mass is 35.5. The molecule has 70 valence electrons. The Morgan fingerprint density at radius 2 is 2.00 bits per heavy atom. The molecule has 1 nitrogen and oxygen atoms in total. The second kappa shape index (κ2) is 5.00. The number of halogens is 2. The maximum Gasteiger partial charge on any atom is 0.0875 e. The molecule has 0 radical (unpaired) electrons. The molecule has 2 N–H and O–H groups in total. The Kier molecular flexibility index (Phi) is 3.93. The van der Waals surface area contributed by atoms with Gasteiger partial charge in [-0.05, 0) is 29.7 Å². The third kappa shape index (κ3) is 3.17. The molecule has 0 heterocycles. The van der Waals surface area contributed by atoms with E-state index in [9.17, 15) is 4.39 Å². The Hall–Kier alpha value is -0.860. The van der Waals surface area contributed by atoms with Gasteiger partial charge >= 0.3 is 0 Å². The summed E-state index contributed by atoms with van der Waals surface area (Å²) >= 11 is 5.70. The van der Waals surface area contributed by atoms with E-state index in [4.69, 9.17) is 17.3 Å². The lowest BCUT2D eigenvalue weighted by Crippen LogP contribution is -2.05. The molecule has 0 bridgehead atoms. The summed E-state index contributed by atoms with van der Waals surface area (Å²) in [4.78, 5) is 0. The van der Waals surface area contributed by atoms with Crippen molar-refractivity contribution in [1.82, 2.24) is 0 Å². The van der Waals surface area contributed by atoms with Gasteiger partial charge in [-0.2, -0.15) is 0 Å². The third-order valence-corrected chi connectivity index (χ3v) is 2.01. The van der Waals surface area contributed by atoms with Crippen LogP contribution in [0, 0.1) is 0 Å². The van der Waals surface area contributed by atoms with Crippen LogP contribution in [-0.4, -0.2) is 6.54 Å². The maximum atomic E-state index is 12.2. The third-order valence-electron chi connectivity index (χ3n) is 1.76. The van der Waals surface area contributed by atoms with Gasteiger partial charge in [-0.15, -0.1) is 0 Å². The Balaban J connectivity index is 2.69. The van der Waals surface area contributed by atoms with E-state index < -0.39 is 0 Å². The van der Waals surface area contributed by atoms with Crippen LogP contribution in [0.25, 0.3) is 0 Å². The fourth-order valence-corrected chi connectivity index (χ4v) is 1.15. The van der Waals surface area contributed by atoms with Crippen molar-refractivity contribution in [3.8, 4) is 0 Å². The van der Waals surface area contributed by atoms with Crippen molar-refractivity contribution in [2.24, 2.45) is 5.73 Å². The first-order valence-corrected chi connectivity index (χ1v) is 4.36. The number of rotatable bonds is 3. The molecule has 0 aliphatic rings. The molecule has 1 rings (SSSR count). The number of hydrogen-bond acceptors (Lipinski definition) is 1. The summed E-state index contributed by atoms with van der Waals surface area (Å²) in [5.74, 6) is 0. The Labute approximate surface area is 82.0 Å². The number of benzene rings is 1. The molecule has 0 atom stereocenters. The number of hydrogen-bond donors (Lipinski definition) is 1. The zero-order chi connectivity index (χ0) is 9.68. The van der Waals surface area contributed by atoms with Crippen molar-refractivity contribution in [1.29, 1.82) is 0 Å². The standard InChI is InChI=1S/C10H11ClFN/c11-10-3-1-8(2-4-10)5-9(6-12)7-13/h1-4,6H,5,7,13H2/b9-6+. The molecule has 0 saturated carbocycles. The van der Waals surface area contributed by atoms with Crippen LogP contribution in [0.3, 0.4) is 0 Å². The summed E-state index contributed by atoms with van der Waals surface area (Å²) in [6.07, 6.45) is 1.11. The van der Waals surface area contributed by atoms with Crippen LogP contribution in [0.1, 0.15) is 5.56 Å². The Morgan fingerprint density at radius 3 is 2.46 bits per heavy atom. The summed E-state index contributed by atoms with van der Waals surface area (Å²) in [5.41, 5.74) is 6.92. The van der Waals surface area contributed by atoms with Crippen molar-refractivity contribution in [2.75, 3.05) is 6.54 Å². The van der Waals surface area contributed by atoms with Gasteiger partial charge in [0, 0.05) is 11.6 Å². The van der Waals surface area contributed by atoms with Crippen LogP contribution in [0.2, 0.25) is 5.02 Å². The topological polar surface area (TPSA) is 26.0 Å². The highest BCUT2D eigenvalue weighted by molar-refractivity contribution is 6.30. The van der Waals surface area contributed by atoms with Crippen LogP contribution < -0.4 is 5.73 Å². The first-order chi connectivity index (χ1) is 6.26. The van der Waals surface area contributed by atoms with E-state index in [1.165, 1.54) is 0 Å². The smallest absolute Gasteiger partial charge is 0.0875 e. The van der Waals surface area contributed by atoms with Gasteiger partial charge in [-0.25, -0.2) is 4.39 Å². The fourth-order valence-electron chi connectivity index (χ4n) is 1.02. The van der Waals surface area contributed by atoms with Gasteiger partial charge in [0.25, 0.3) is 0 Å². The van der Waals surface area contributed by atoms with Crippen LogP contribution in [-0.2, 0) is 6.42 Å². The van der Waals surface area contributed by atoms with Crippen LogP contribution in [0.15, 0.2) is 36.2 Å². The molecule has 0 saturated heterocycles. The van der Waals surface area contributed by atoms with E-state index in [2.05, 4.69) is 0 Å². The summed E-state index contributed by atoms with van der Waals surface area (Å²) in [5, 5.41) is 0.683. The van der Waals surface area contributed by atoms with E-state index in [1.54, 1.807) is 12.1 Å². The molecule has 13 heavy (non-hydrogen) atoms. The summed E-state index contributed by atoms with van der Waals surface area (Å²) < 4.78 is 12.2. The van der Waals surface area contributed by atoms with Gasteiger partial charge in [0.05, 0.1) is 6.33 Å². The van der Waals surface area contributed by atoms with Crippen LogP contribution in [0.5, 0.6) is 0 Å². The minimum atomic E-state index is 0.249. The summed E-state index contributed by atoms with van der Waals surface area (Å²) in [6.45, 7) is 0.249. The molecular weight excluding hydrogens is 189 g/mol. The maximum absolute atomic E-state index is 12.2.